The molecule has 218 valence electrons. The molecule has 2 aliphatic heterocycles. The van der Waals surface area contributed by atoms with Crippen molar-refractivity contribution in [1.29, 1.82) is 0 Å². The Labute approximate surface area is 236 Å². The summed E-state index contributed by atoms with van der Waals surface area (Å²) in [7, 11) is 1.58. The largest absolute Gasteiger partial charge is 0.497 e. The van der Waals surface area contributed by atoms with Crippen LogP contribution in [-0.4, -0.2) is 79.6 Å². The third kappa shape index (κ3) is 6.56. The zero-order valence-electron chi connectivity index (χ0n) is 23.0. The maximum absolute atomic E-state index is 13.9. The van der Waals surface area contributed by atoms with Gasteiger partial charge in [0.1, 0.15) is 11.6 Å². The van der Waals surface area contributed by atoms with Crippen molar-refractivity contribution in [1.82, 2.24) is 14.8 Å². The Morgan fingerprint density at radius 3 is 2.59 bits per heavy atom. The molecule has 3 aromatic rings. The number of hydrogen-bond acceptors (Lipinski definition) is 6. The van der Waals surface area contributed by atoms with Crippen molar-refractivity contribution >= 4 is 28.5 Å². The molecule has 2 amide bonds. The van der Waals surface area contributed by atoms with Crippen molar-refractivity contribution in [3.05, 3.63) is 65.2 Å². The molecule has 3 heterocycles. The van der Waals surface area contributed by atoms with Crippen LogP contribution in [0.1, 0.15) is 40.7 Å². The third-order valence-electron chi connectivity index (χ3n) is 7.53. The van der Waals surface area contributed by atoms with E-state index in [1.807, 2.05) is 24.3 Å². The monoisotopic (exact) mass is 570 g/mol. The fraction of sp³-hybridized carbons (Fsp3) is 0.433. The van der Waals surface area contributed by atoms with Crippen LogP contribution in [0.4, 0.5) is 19.0 Å². The number of aromatic nitrogens is 1. The summed E-state index contributed by atoms with van der Waals surface area (Å²) >= 11 is 0. The Kier molecular flexibility index (Phi) is 8.63. The van der Waals surface area contributed by atoms with Gasteiger partial charge < -0.3 is 24.2 Å². The number of likely N-dealkylation sites (tertiary alicyclic amines) is 1. The number of pyridine rings is 1. The normalized spacial score (nSPS) is 16.0. The molecule has 1 aromatic heterocycles. The Morgan fingerprint density at radius 1 is 1.10 bits per heavy atom. The molecule has 0 N–H and O–H groups in total. The summed E-state index contributed by atoms with van der Waals surface area (Å²) < 4.78 is 52.6. The van der Waals surface area contributed by atoms with Gasteiger partial charge in [0.15, 0.2) is 0 Å². The molecule has 2 aliphatic rings. The quantitative estimate of drug-likeness (QED) is 0.370. The van der Waals surface area contributed by atoms with Gasteiger partial charge in [-0.1, -0.05) is 12.1 Å². The van der Waals surface area contributed by atoms with Crippen LogP contribution in [0, 0.1) is 0 Å². The molecule has 0 aliphatic carbocycles. The molecule has 2 saturated heterocycles. The highest BCUT2D eigenvalue weighted by Gasteiger charge is 2.36. The van der Waals surface area contributed by atoms with Gasteiger partial charge in [0.05, 0.1) is 37.0 Å². The number of ether oxygens (including phenoxy) is 2. The molecule has 8 nitrogen and oxygen atoms in total. The van der Waals surface area contributed by atoms with Crippen LogP contribution in [0.3, 0.4) is 0 Å². The van der Waals surface area contributed by atoms with Crippen LogP contribution in [0.25, 0.3) is 10.9 Å². The fourth-order valence-electron chi connectivity index (χ4n) is 5.41. The highest BCUT2D eigenvalue weighted by Crippen LogP contribution is 2.33. The fourth-order valence-corrected chi connectivity index (χ4v) is 5.41. The minimum absolute atomic E-state index is 0.0562. The molecule has 2 aromatic carbocycles. The number of rotatable bonds is 9. The summed E-state index contributed by atoms with van der Waals surface area (Å²) in [5.74, 6) is 0.663. The first-order valence-corrected chi connectivity index (χ1v) is 13.8. The van der Waals surface area contributed by atoms with Gasteiger partial charge >= 0.3 is 6.18 Å². The van der Waals surface area contributed by atoms with Crippen LogP contribution in [0.5, 0.6) is 5.75 Å². The molecule has 2 fully saturated rings. The highest BCUT2D eigenvalue weighted by molar-refractivity contribution is 5.96. The molecular formula is C30H33F3N4O4. The third-order valence-corrected chi connectivity index (χ3v) is 7.53. The predicted molar refractivity (Wildman–Crippen MR) is 148 cm³/mol. The SMILES string of the molecule is COc1ccc2cc(CN(CCCN3CCCC3=O)C(=O)c3ccccc3C(F)(F)F)c(N3CCOCC3)nc2c1. The van der Waals surface area contributed by atoms with E-state index in [9.17, 15) is 22.8 Å². The summed E-state index contributed by atoms with van der Waals surface area (Å²) in [4.78, 5) is 36.1. The number of amides is 2. The van der Waals surface area contributed by atoms with Crippen molar-refractivity contribution in [2.45, 2.75) is 32.0 Å². The lowest BCUT2D eigenvalue weighted by Gasteiger charge is -2.32. The lowest BCUT2D eigenvalue weighted by Crippen LogP contribution is -2.39. The molecule has 41 heavy (non-hydrogen) atoms. The second-order valence-corrected chi connectivity index (χ2v) is 10.2. The lowest BCUT2D eigenvalue weighted by molar-refractivity contribution is -0.138. The molecular weight excluding hydrogens is 537 g/mol. The zero-order valence-corrected chi connectivity index (χ0v) is 23.0. The Morgan fingerprint density at radius 2 is 1.88 bits per heavy atom. The van der Waals surface area contributed by atoms with Crippen LogP contribution in [0.15, 0.2) is 48.5 Å². The van der Waals surface area contributed by atoms with Gasteiger partial charge in [-0.25, -0.2) is 4.98 Å². The number of fused-ring (bicyclic) bond motifs is 1. The van der Waals surface area contributed by atoms with Crippen molar-refractivity contribution in [2.75, 3.05) is 57.9 Å². The summed E-state index contributed by atoms with van der Waals surface area (Å²) in [6, 6.07) is 12.3. The Balaban J connectivity index is 1.51. The van der Waals surface area contributed by atoms with E-state index >= 15 is 0 Å². The summed E-state index contributed by atoms with van der Waals surface area (Å²) in [6.07, 6.45) is -2.95. The van der Waals surface area contributed by atoms with Crippen molar-refractivity contribution in [3.8, 4) is 5.75 Å². The van der Waals surface area contributed by atoms with Crippen LogP contribution >= 0.6 is 0 Å². The smallest absolute Gasteiger partial charge is 0.417 e. The minimum atomic E-state index is -4.68. The standard InChI is InChI=1S/C30H33F3N4O4/c1-40-23-10-9-21-18-22(28(34-26(21)19-23)36-14-16-41-17-15-36)20-37(13-5-12-35-11-4-8-27(35)38)29(39)24-6-2-3-7-25(24)30(31,32)33/h2-3,6-7,9-10,18-19H,4-5,8,11-17,20H2,1H3. The average Bonchev–Trinajstić information content (AvgIpc) is 3.39. The van der Waals surface area contributed by atoms with Crippen molar-refractivity contribution < 1.29 is 32.2 Å². The van der Waals surface area contributed by atoms with E-state index in [-0.39, 0.29) is 19.0 Å². The summed E-state index contributed by atoms with van der Waals surface area (Å²) in [6.45, 7) is 3.55. The first-order valence-electron chi connectivity index (χ1n) is 13.8. The molecule has 0 atom stereocenters. The number of nitrogens with zero attached hydrogens (tertiary/aromatic N) is 4. The molecule has 0 saturated carbocycles. The van der Waals surface area contributed by atoms with Gasteiger partial charge in [0.2, 0.25) is 5.91 Å². The van der Waals surface area contributed by atoms with Gasteiger partial charge in [-0.3, -0.25) is 9.59 Å². The Bertz CT molecular complexity index is 1410. The first kappa shape index (κ1) is 28.7. The highest BCUT2D eigenvalue weighted by atomic mass is 19.4. The minimum Gasteiger partial charge on any atom is -0.497 e. The van der Waals surface area contributed by atoms with E-state index in [0.29, 0.717) is 69.3 Å². The van der Waals surface area contributed by atoms with Gasteiger partial charge in [0.25, 0.3) is 5.91 Å². The number of halogens is 3. The number of alkyl halides is 3. The number of carbonyl (C=O) groups excluding carboxylic acids is 2. The lowest BCUT2D eigenvalue weighted by atomic mass is 10.0. The summed E-state index contributed by atoms with van der Waals surface area (Å²) in [5.41, 5.74) is 0.0626. The number of benzene rings is 2. The number of carbonyl (C=O) groups is 2. The van der Waals surface area contributed by atoms with E-state index in [1.54, 1.807) is 12.0 Å². The Hall–Kier alpha value is -3.86. The van der Waals surface area contributed by atoms with E-state index in [4.69, 9.17) is 14.5 Å². The van der Waals surface area contributed by atoms with E-state index in [0.717, 1.165) is 23.4 Å². The second-order valence-electron chi connectivity index (χ2n) is 10.2. The van der Waals surface area contributed by atoms with Gasteiger partial charge in [-0.15, -0.1) is 0 Å². The molecule has 0 unspecified atom stereocenters. The van der Waals surface area contributed by atoms with Crippen molar-refractivity contribution in [3.63, 3.8) is 0 Å². The second kappa shape index (κ2) is 12.3. The molecule has 5 rings (SSSR count). The molecule has 0 bridgehead atoms. The molecule has 0 radical (unpaired) electrons. The first-order chi connectivity index (χ1) is 19.7. The number of morpholine rings is 1. The van der Waals surface area contributed by atoms with Gasteiger partial charge in [-0.05, 0) is 43.2 Å². The van der Waals surface area contributed by atoms with E-state index < -0.39 is 23.2 Å². The number of anilines is 1. The van der Waals surface area contributed by atoms with E-state index in [2.05, 4.69) is 4.90 Å². The number of methoxy groups -OCH3 is 1. The molecule has 11 heteroatoms. The number of hydrogen-bond donors (Lipinski definition) is 0. The van der Waals surface area contributed by atoms with E-state index in [1.165, 1.54) is 23.1 Å². The zero-order chi connectivity index (χ0) is 29.0. The van der Waals surface area contributed by atoms with Gasteiger partial charge in [-0.2, -0.15) is 13.2 Å². The molecule has 0 spiro atoms. The van der Waals surface area contributed by atoms with Gasteiger partial charge in [0, 0.05) is 62.7 Å². The van der Waals surface area contributed by atoms with Crippen LogP contribution in [-0.2, 0) is 22.3 Å². The van der Waals surface area contributed by atoms with Crippen LogP contribution < -0.4 is 9.64 Å². The van der Waals surface area contributed by atoms with Crippen molar-refractivity contribution in [2.24, 2.45) is 0 Å². The predicted octanol–water partition coefficient (Wildman–Crippen LogP) is 4.75. The topological polar surface area (TPSA) is 75.2 Å². The average molecular weight is 571 g/mol. The van der Waals surface area contributed by atoms with Crippen LogP contribution in [0.2, 0.25) is 0 Å². The maximum Gasteiger partial charge on any atom is 0.417 e. The maximum atomic E-state index is 13.9. The summed E-state index contributed by atoms with van der Waals surface area (Å²) in [5, 5.41) is 0.823.